The fourth-order valence-electron chi connectivity index (χ4n) is 4.88. The Balaban J connectivity index is 2.29. The summed E-state index contributed by atoms with van der Waals surface area (Å²) in [6.45, 7) is 2.90. The first-order valence-electron chi connectivity index (χ1n) is 6.34. The van der Waals surface area contributed by atoms with Crippen LogP contribution >= 0.6 is 0 Å². The Morgan fingerprint density at radius 2 is 1.75 bits per heavy atom. The molecule has 6 heteroatoms. The van der Waals surface area contributed by atoms with E-state index >= 15 is 0 Å². The summed E-state index contributed by atoms with van der Waals surface area (Å²) in [5, 5.41) is 10.4. The van der Waals surface area contributed by atoms with Crippen molar-refractivity contribution in [1.29, 1.82) is 0 Å². The van der Waals surface area contributed by atoms with E-state index in [0.717, 1.165) is 0 Å². The van der Waals surface area contributed by atoms with Crippen molar-refractivity contribution < 1.29 is 29.0 Å². The van der Waals surface area contributed by atoms with E-state index < -0.39 is 45.5 Å². The minimum absolute atomic E-state index is 0.518. The van der Waals surface area contributed by atoms with Crippen molar-refractivity contribution in [2.45, 2.75) is 19.4 Å². The molecule has 4 unspecified atom stereocenters. The van der Waals surface area contributed by atoms with Crippen molar-refractivity contribution >= 4 is 17.7 Å². The Hall–Kier alpha value is -1.69. The Morgan fingerprint density at radius 3 is 2.25 bits per heavy atom. The van der Waals surface area contributed by atoms with Crippen LogP contribution in [0, 0.1) is 22.2 Å². The summed E-state index contributed by atoms with van der Waals surface area (Å²) < 4.78 is 9.64. The lowest BCUT2D eigenvalue weighted by Gasteiger charge is -2.29. The molecule has 2 fully saturated rings. The van der Waals surface area contributed by atoms with E-state index in [2.05, 4.69) is 0 Å². The fourth-order valence-corrected chi connectivity index (χ4v) is 4.88. The number of aliphatic hydroxyl groups is 1. The largest absolute Gasteiger partial charge is 0.469 e. The van der Waals surface area contributed by atoms with Crippen LogP contribution in [-0.4, -0.2) is 42.6 Å². The van der Waals surface area contributed by atoms with Gasteiger partial charge in [-0.25, -0.2) is 0 Å². The van der Waals surface area contributed by atoms with Crippen LogP contribution in [0.1, 0.15) is 13.8 Å². The lowest BCUT2D eigenvalue weighted by Crippen LogP contribution is -2.46. The number of hydrogen-bond acceptors (Lipinski definition) is 6. The second kappa shape index (κ2) is 3.14. The molecule has 6 nitrogen and oxygen atoms in total. The van der Waals surface area contributed by atoms with Crippen LogP contribution in [0.4, 0.5) is 0 Å². The van der Waals surface area contributed by atoms with Gasteiger partial charge in [-0.05, 0) is 13.8 Å². The lowest BCUT2D eigenvalue weighted by atomic mass is 9.78. The highest BCUT2D eigenvalue weighted by Crippen LogP contribution is 2.90. The third kappa shape index (κ3) is 0.796. The molecule has 0 bridgehead atoms. The molecular weight excluding hydrogens is 264 g/mol. The maximum atomic E-state index is 12.6. The van der Waals surface area contributed by atoms with Crippen molar-refractivity contribution in [3.05, 3.63) is 12.2 Å². The Kier molecular flexibility index (Phi) is 2.09. The normalized spacial score (nSPS) is 50.9. The van der Waals surface area contributed by atoms with Gasteiger partial charge in [-0.3, -0.25) is 14.4 Å². The van der Waals surface area contributed by atoms with Crippen molar-refractivity contribution in [1.82, 2.24) is 0 Å². The van der Waals surface area contributed by atoms with E-state index in [0.29, 0.717) is 0 Å². The standard InChI is InChI=1S/C14H16O6/c1-11(18)7-5-6-13(9(16)19-3)12(2,8(11)15)14(7,13)10(17)20-4/h5-7,18H,1-4H3/t7?,11-,12?,13?,14?/m0/s1. The third-order valence-electron chi connectivity index (χ3n) is 5.68. The van der Waals surface area contributed by atoms with Gasteiger partial charge >= 0.3 is 11.9 Å². The number of carbonyl (C=O) groups is 3. The molecule has 3 aliphatic carbocycles. The summed E-state index contributed by atoms with van der Waals surface area (Å²) in [4.78, 5) is 37.2. The minimum Gasteiger partial charge on any atom is -0.469 e. The van der Waals surface area contributed by atoms with E-state index in [-0.39, 0.29) is 0 Å². The number of esters is 2. The van der Waals surface area contributed by atoms with Crippen LogP contribution in [0.2, 0.25) is 0 Å². The van der Waals surface area contributed by atoms with Gasteiger partial charge in [0.25, 0.3) is 0 Å². The summed E-state index contributed by atoms with van der Waals surface area (Å²) in [5.41, 5.74) is -5.75. The van der Waals surface area contributed by atoms with E-state index in [1.807, 2.05) is 0 Å². The topological polar surface area (TPSA) is 89.9 Å². The molecule has 0 aromatic carbocycles. The zero-order chi connectivity index (χ0) is 15.1. The Bertz CT molecular complexity index is 590. The Morgan fingerprint density at radius 1 is 1.20 bits per heavy atom. The first-order valence-corrected chi connectivity index (χ1v) is 6.34. The lowest BCUT2D eigenvalue weighted by molar-refractivity contribution is -0.160. The van der Waals surface area contributed by atoms with Crippen molar-refractivity contribution in [3.63, 3.8) is 0 Å². The molecule has 0 heterocycles. The molecule has 1 N–H and O–H groups in total. The SMILES string of the molecule is COC(=O)C12C=CC3C1(C(=O)OC)C2(C)C(=O)[C@@]3(C)O. The quantitative estimate of drug-likeness (QED) is 0.558. The monoisotopic (exact) mass is 280 g/mol. The van der Waals surface area contributed by atoms with Crippen LogP contribution in [0.5, 0.6) is 0 Å². The molecule has 20 heavy (non-hydrogen) atoms. The zero-order valence-electron chi connectivity index (χ0n) is 11.7. The van der Waals surface area contributed by atoms with Gasteiger partial charge in [0.15, 0.2) is 5.78 Å². The predicted molar refractivity (Wildman–Crippen MR) is 65.3 cm³/mol. The van der Waals surface area contributed by atoms with Gasteiger partial charge in [-0.15, -0.1) is 0 Å². The highest BCUT2D eigenvalue weighted by molar-refractivity contribution is 6.17. The highest BCUT2D eigenvalue weighted by Gasteiger charge is 3.03. The van der Waals surface area contributed by atoms with Crippen LogP contribution in [0.25, 0.3) is 0 Å². The van der Waals surface area contributed by atoms with Gasteiger partial charge in [0.2, 0.25) is 0 Å². The number of fused-ring (bicyclic) bond motifs is 1. The molecule has 0 amide bonds. The number of rotatable bonds is 2. The third-order valence-corrected chi connectivity index (χ3v) is 5.68. The highest BCUT2D eigenvalue weighted by atomic mass is 16.5. The van der Waals surface area contributed by atoms with Crippen LogP contribution in [-0.2, 0) is 23.9 Å². The van der Waals surface area contributed by atoms with Crippen molar-refractivity contribution in [2.75, 3.05) is 14.2 Å². The van der Waals surface area contributed by atoms with Gasteiger partial charge in [-0.1, -0.05) is 12.2 Å². The molecule has 3 aliphatic rings. The fraction of sp³-hybridized carbons (Fsp3) is 0.643. The van der Waals surface area contributed by atoms with Gasteiger partial charge in [0, 0.05) is 5.92 Å². The van der Waals surface area contributed by atoms with Gasteiger partial charge < -0.3 is 14.6 Å². The molecule has 108 valence electrons. The molecule has 0 aromatic heterocycles. The van der Waals surface area contributed by atoms with Gasteiger partial charge in [-0.2, -0.15) is 0 Å². The first kappa shape index (κ1) is 13.3. The zero-order valence-corrected chi connectivity index (χ0v) is 11.7. The van der Waals surface area contributed by atoms with Crippen LogP contribution < -0.4 is 0 Å². The molecule has 5 atom stereocenters. The molecule has 0 spiro atoms. The maximum absolute atomic E-state index is 12.6. The summed E-state index contributed by atoms with van der Waals surface area (Å²) in [6.07, 6.45) is 3.08. The van der Waals surface area contributed by atoms with E-state index in [4.69, 9.17) is 9.47 Å². The van der Waals surface area contributed by atoms with E-state index in [1.54, 1.807) is 6.08 Å². The van der Waals surface area contributed by atoms with Crippen LogP contribution in [0.3, 0.4) is 0 Å². The van der Waals surface area contributed by atoms with Crippen molar-refractivity contribution in [2.24, 2.45) is 22.2 Å². The number of Topliss-reactive ketones (excluding diaryl/α,β-unsaturated/α-hetero) is 1. The molecule has 0 radical (unpaired) electrons. The summed E-state index contributed by atoms with van der Waals surface area (Å²) in [7, 11) is 2.42. The second-order valence-electron chi connectivity index (χ2n) is 6.04. The van der Waals surface area contributed by atoms with Crippen molar-refractivity contribution in [3.8, 4) is 0 Å². The number of methoxy groups -OCH3 is 2. The summed E-state index contributed by atoms with van der Waals surface area (Å²) in [6, 6.07) is 0. The Labute approximate surface area is 115 Å². The summed E-state index contributed by atoms with van der Waals surface area (Å²) in [5.74, 6) is -2.60. The van der Waals surface area contributed by atoms with Gasteiger partial charge in [0.1, 0.15) is 16.4 Å². The average molecular weight is 280 g/mol. The number of ketones is 1. The second-order valence-corrected chi connectivity index (χ2v) is 6.04. The predicted octanol–water partition coefficient (Wildman–Crippen LogP) is -0.155. The number of ether oxygens (including phenoxy) is 2. The first-order chi connectivity index (χ1) is 9.21. The van der Waals surface area contributed by atoms with E-state index in [9.17, 15) is 19.5 Å². The van der Waals surface area contributed by atoms with Gasteiger partial charge in [0.05, 0.1) is 19.6 Å². The minimum atomic E-state index is -1.69. The maximum Gasteiger partial charge on any atom is 0.317 e. The molecule has 0 aromatic rings. The summed E-state index contributed by atoms with van der Waals surface area (Å²) >= 11 is 0. The van der Waals surface area contributed by atoms with E-state index in [1.165, 1.54) is 34.1 Å². The molecule has 0 aliphatic heterocycles. The smallest absolute Gasteiger partial charge is 0.317 e. The average Bonchev–Trinajstić information content (AvgIpc) is 2.71. The number of carbonyl (C=O) groups excluding carboxylic acids is 3. The molecular formula is C14H16O6. The molecule has 2 saturated carbocycles. The molecule has 0 saturated heterocycles. The number of hydrogen-bond donors (Lipinski definition) is 1. The molecule has 3 rings (SSSR count). The van der Waals surface area contributed by atoms with Crippen LogP contribution in [0.15, 0.2) is 12.2 Å².